The number of nitrogens with two attached hydrogens (primary N) is 2. The molecule has 0 amide bonds. The van der Waals surface area contributed by atoms with E-state index in [9.17, 15) is 8.60 Å². The highest BCUT2D eigenvalue weighted by atomic mass is 35.5. The lowest BCUT2D eigenvalue weighted by molar-refractivity contribution is 0.221. The van der Waals surface area contributed by atoms with Crippen LogP contribution in [0.2, 0.25) is 5.02 Å². The first kappa shape index (κ1) is 24.1. The van der Waals surface area contributed by atoms with Crippen molar-refractivity contribution in [2.75, 3.05) is 35.2 Å². The summed E-state index contributed by atoms with van der Waals surface area (Å²) >= 11 is 6.09. The Morgan fingerprint density at radius 3 is 2.62 bits per heavy atom. The zero-order valence-electron chi connectivity index (χ0n) is 18.5. The van der Waals surface area contributed by atoms with Crippen LogP contribution in [0, 0.1) is 11.2 Å². The Morgan fingerprint density at radius 2 is 1.97 bits per heavy atom. The maximum atomic E-state index is 14.2. The van der Waals surface area contributed by atoms with Crippen molar-refractivity contribution in [1.29, 1.82) is 5.41 Å². The summed E-state index contributed by atoms with van der Waals surface area (Å²) in [6.45, 7) is 2.85. The van der Waals surface area contributed by atoms with Gasteiger partial charge in [-0.05, 0) is 37.3 Å². The second kappa shape index (κ2) is 9.65. The van der Waals surface area contributed by atoms with Gasteiger partial charge in [-0.2, -0.15) is 0 Å². The molecule has 3 heterocycles. The molecule has 3 aromatic rings. The molecule has 180 valence electrons. The number of nitrogens with zero attached hydrogens (tertiary/aromatic N) is 3. The number of nitrogens with one attached hydrogen (secondary N) is 1. The van der Waals surface area contributed by atoms with Gasteiger partial charge in [-0.15, -0.1) is 0 Å². The van der Waals surface area contributed by atoms with Crippen LogP contribution in [0.15, 0.2) is 48.9 Å². The topological polar surface area (TPSA) is 131 Å². The van der Waals surface area contributed by atoms with Crippen LogP contribution < -0.4 is 20.5 Å². The van der Waals surface area contributed by atoms with E-state index >= 15 is 0 Å². The number of aromatic nitrogens is 2. The molecule has 1 aliphatic heterocycles. The maximum Gasteiger partial charge on any atom is 0.149 e. The lowest BCUT2D eigenvalue weighted by Gasteiger charge is -2.33. The Balaban J connectivity index is 1.51. The number of thiol groups is 1. The number of anilines is 2. The summed E-state index contributed by atoms with van der Waals surface area (Å²) in [7, 11) is -2.52. The first-order valence-corrected chi connectivity index (χ1v) is 13.2. The van der Waals surface area contributed by atoms with E-state index < -0.39 is 22.0 Å². The zero-order valence-corrected chi connectivity index (χ0v) is 20.2. The predicted octanol–water partition coefficient (Wildman–Crippen LogP) is 3.12. The average Bonchev–Trinajstić information content (AvgIpc) is 2.80. The van der Waals surface area contributed by atoms with E-state index in [1.165, 1.54) is 6.20 Å². The first-order valence-electron chi connectivity index (χ1n) is 10.7. The first-order chi connectivity index (χ1) is 16.1. The van der Waals surface area contributed by atoms with Gasteiger partial charge in [0.05, 0.1) is 16.9 Å². The molecule has 1 aliphatic rings. The number of ether oxygens (including phenoxy) is 1. The highest BCUT2D eigenvalue weighted by molar-refractivity contribution is 8.01. The van der Waals surface area contributed by atoms with Gasteiger partial charge >= 0.3 is 0 Å². The molecule has 2 aromatic heterocycles. The van der Waals surface area contributed by atoms with E-state index in [0.717, 1.165) is 12.0 Å². The summed E-state index contributed by atoms with van der Waals surface area (Å²) in [4.78, 5) is 10.2. The molecule has 0 bridgehead atoms. The van der Waals surface area contributed by atoms with Gasteiger partial charge in [0, 0.05) is 59.4 Å². The molecule has 34 heavy (non-hydrogen) atoms. The zero-order chi connectivity index (χ0) is 24.5. The van der Waals surface area contributed by atoms with Crippen LogP contribution in [-0.2, 0) is 10.1 Å². The Bertz CT molecular complexity index is 1240. The van der Waals surface area contributed by atoms with E-state index in [1.54, 1.807) is 37.4 Å². The van der Waals surface area contributed by atoms with Crippen LogP contribution >= 0.6 is 11.6 Å². The lowest BCUT2D eigenvalue weighted by Crippen LogP contribution is -2.47. The predicted molar refractivity (Wildman–Crippen MR) is 135 cm³/mol. The molecule has 1 fully saturated rings. The highest BCUT2D eigenvalue weighted by Gasteiger charge is 2.22. The fourth-order valence-corrected chi connectivity index (χ4v) is 5.49. The second-order valence-electron chi connectivity index (χ2n) is 8.19. The van der Waals surface area contributed by atoms with E-state index in [-0.39, 0.29) is 16.3 Å². The molecule has 4 rings (SSSR count). The largest absolute Gasteiger partial charge is 0.486 e. The van der Waals surface area contributed by atoms with Gasteiger partial charge in [0.1, 0.15) is 23.5 Å². The summed E-state index contributed by atoms with van der Waals surface area (Å²) in [5.74, 6) is 1.52. The third kappa shape index (κ3) is 5.19. The Kier molecular flexibility index (Phi) is 6.83. The fraction of sp³-hybridized carbons (Fsp3) is 0.261. The van der Waals surface area contributed by atoms with Crippen LogP contribution in [0.1, 0.15) is 29.7 Å². The van der Waals surface area contributed by atoms with Crippen molar-refractivity contribution in [3.63, 3.8) is 0 Å². The molecule has 1 aromatic carbocycles. The van der Waals surface area contributed by atoms with Crippen molar-refractivity contribution >= 4 is 38.9 Å². The Morgan fingerprint density at radius 1 is 1.24 bits per heavy atom. The molecule has 5 N–H and O–H groups in total. The van der Waals surface area contributed by atoms with Gasteiger partial charge in [0.2, 0.25) is 0 Å². The van der Waals surface area contributed by atoms with E-state index in [0.29, 0.717) is 47.2 Å². The van der Waals surface area contributed by atoms with Crippen LogP contribution in [-0.4, -0.2) is 44.5 Å². The molecule has 1 atom stereocenters. The van der Waals surface area contributed by atoms with Crippen LogP contribution in [0.5, 0.6) is 5.75 Å². The smallest absolute Gasteiger partial charge is 0.149 e. The monoisotopic (exact) mass is 504 g/mol. The molecular formula is C23H26ClFN6O2S. The average molecular weight is 505 g/mol. The van der Waals surface area contributed by atoms with Gasteiger partial charge in [-0.3, -0.25) is 19.7 Å². The van der Waals surface area contributed by atoms with E-state index in [2.05, 4.69) is 9.97 Å². The van der Waals surface area contributed by atoms with E-state index in [1.807, 2.05) is 11.0 Å². The molecule has 11 heteroatoms. The van der Waals surface area contributed by atoms with Crippen molar-refractivity contribution in [2.45, 2.75) is 13.0 Å². The summed E-state index contributed by atoms with van der Waals surface area (Å²) in [6.07, 6.45) is 3.37. The summed E-state index contributed by atoms with van der Waals surface area (Å²) in [5.41, 5.74) is 7.95. The third-order valence-corrected chi connectivity index (χ3v) is 7.98. The van der Waals surface area contributed by atoms with Gasteiger partial charge in [0.25, 0.3) is 0 Å². The van der Waals surface area contributed by atoms with Gasteiger partial charge in [-0.1, -0.05) is 21.7 Å². The number of hydrogen-bond acceptors (Lipinski definition) is 7. The minimum Gasteiger partial charge on any atom is -0.486 e. The summed E-state index contributed by atoms with van der Waals surface area (Å²) < 4.78 is 32.1. The van der Waals surface area contributed by atoms with Crippen LogP contribution in [0.25, 0.3) is 0 Å². The number of pyridine rings is 2. The molecule has 0 saturated carbocycles. The van der Waals surface area contributed by atoms with E-state index in [4.69, 9.17) is 32.6 Å². The standard InChI is InChI=1S/C23H26ClFN6O2S/c1-14(22-18(24)12-29-13-19(22)25)33-16-3-4-20(26)17(10-16)23(27)15-2-5-21(30-11-15)31-6-8-34(28,32)9-7-31/h2-5,10-14,27,34H,6-9,26H2,1H3,(H2,28,32). The molecule has 1 unspecified atom stereocenters. The maximum absolute atomic E-state index is 14.2. The Hall–Kier alpha value is -3.08. The molecular weight excluding hydrogens is 479 g/mol. The van der Waals surface area contributed by atoms with Crippen molar-refractivity contribution in [3.8, 4) is 5.75 Å². The SMILES string of the molecule is CC(Oc1ccc(N)c(C(=N)c2ccc(N3CC[SH](N)(=O)CC3)nc2)c1)c1c(F)cncc1Cl. The van der Waals surface area contributed by atoms with Crippen molar-refractivity contribution in [2.24, 2.45) is 5.14 Å². The molecule has 0 radical (unpaired) electrons. The molecule has 0 spiro atoms. The molecule has 0 aliphatic carbocycles. The minimum absolute atomic E-state index is 0.171. The number of nitrogen functional groups attached to an aromatic ring is 1. The minimum atomic E-state index is -2.52. The third-order valence-electron chi connectivity index (χ3n) is 5.76. The van der Waals surface area contributed by atoms with Gasteiger partial charge in [-0.25, -0.2) is 9.37 Å². The van der Waals surface area contributed by atoms with Gasteiger partial charge in [0.15, 0.2) is 0 Å². The second-order valence-corrected chi connectivity index (χ2v) is 11.4. The van der Waals surface area contributed by atoms with Crippen molar-refractivity contribution in [3.05, 3.63) is 76.5 Å². The Labute approximate surface area is 203 Å². The molecule has 1 saturated heterocycles. The quantitative estimate of drug-likeness (QED) is 0.232. The number of rotatable bonds is 6. The van der Waals surface area contributed by atoms with Crippen molar-refractivity contribution in [1.82, 2.24) is 9.97 Å². The normalized spacial score (nSPS) is 17.1. The van der Waals surface area contributed by atoms with Crippen LogP contribution in [0.4, 0.5) is 15.9 Å². The number of hydrogen-bond donors (Lipinski definition) is 4. The lowest BCUT2D eigenvalue weighted by atomic mass is 10.0. The fourth-order valence-electron chi connectivity index (χ4n) is 3.81. The highest BCUT2D eigenvalue weighted by Crippen LogP contribution is 2.31. The van der Waals surface area contributed by atoms with Gasteiger partial charge < -0.3 is 15.4 Å². The number of benzene rings is 1. The summed E-state index contributed by atoms with van der Waals surface area (Å²) in [5, 5.41) is 14.6. The number of halogens is 2. The van der Waals surface area contributed by atoms with Crippen molar-refractivity contribution < 1.29 is 13.3 Å². The molecule has 8 nitrogen and oxygen atoms in total. The summed E-state index contributed by atoms with van der Waals surface area (Å²) in [6, 6.07) is 8.55. The van der Waals surface area contributed by atoms with Crippen LogP contribution in [0.3, 0.4) is 0 Å².